The molecule has 0 N–H and O–H groups in total. The van der Waals surface area contributed by atoms with Gasteiger partial charge in [0.1, 0.15) is 0 Å². The van der Waals surface area contributed by atoms with E-state index in [1.807, 2.05) is 0 Å². The molecule has 0 saturated carbocycles. The van der Waals surface area contributed by atoms with Gasteiger partial charge < -0.3 is 4.90 Å². The topological polar surface area (TPSA) is 3.24 Å². The molecule has 0 aliphatic heterocycles. The maximum Gasteiger partial charge on any atom is 0.0458 e. The maximum atomic E-state index is 2.57. The Hall–Kier alpha value is -7.74. The lowest BCUT2D eigenvalue weighted by molar-refractivity contribution is 0.555. The molecule has 0 aromatic heterocycles. The van der Waals surface area contributed by atoms with Crippen LogP contribution in [0.2, 0.25) is 0 Å². The molecule has 0 atom stereocenters. The van der Waals surface area contributed by atoms with E-state index in [-0.39, 0.29) is 5.41 Å². The Labute approximate surface area is 376 Å². The molecule has 64 heavy (non-hydrogen) atoms. The third kappa shape index (κ3) is 6.55. The third-order valence-electron chi connectivity index (χ3n) is 14.0. The summed E-state index contributed by atoms with van der Waals surface area (Å²) in [6, 6.07) is 80.2. The number of allylic oxidation sites excluding steroid dienone is 4. The van der Waals surface area contributed by atoms with Gasteiger partial charge in [0.2, 0.25) is 0 Å². The number of fused-ring (bicyclic) bond motifs is 6. The Kier molecular flexibility index (Phi) is 9.42. The number of rotatable bonds is 8. The van der Waals surface area contributed by atoms with Gasteiger partial charge in [0.05, 0.1) is 0 Å². The monoisotopic (exact) mass is 817 g/mol. The summed E-state index contributed by atoms with van der Waals surface area (Å²) < 4.78 is 0. The van der Waals surface area contributed by atoms with Gasteiger partial charge in [-0.25, -0.2) is 0 Å². The molecular formula is C63H47N. The summed E-state index contributed by atoms with van der Waals surface area (Å²) >= 11 is 0. The number of anilines is 2. The van der Waals surface area contributed by atoms with E-state index in [0.717, 1.165) is 25.7 Å². The SMILES string of the molecule is C1=C(N(c2ccccc2)c2ccccc2)CCC2=C1C1(Cc3ccccc3C1)c1cc(/C=C/c3ccc(-c4ccc(-c5ccccc5)c5c(-c6ccccc6)cccc45)cc3)ccc12. The molecule has 1 nitrogen and oxygen atoms in total. The number of nitrogens with zero attached hydrogens (tertiary/aromatic N) is 1. The van der Waals surface area contributed by atoms with Crippen molar-refractivity contribution >= 4 is 39.9 Å². The van der Waals surface area contributed by atoms with Gasteiger partial charge in [0, 0.05) is 22.5 Å². The Morgan fingerprint density at radius 3 is 1.56 bits per heavy atom. The van der Waals surface area contributed by atoms with Gasteiger partial charge in [-0.05, 0) is 145 Å². The van der Waals surface area contributed by atoms with E-state index < -0.39 is 0 Å². The second-order valence-electron chi connectivity index (χ2n) is 17.6. The van der Waals surface area contributed by atoms with Crippen molar-refractivity contribution in [3.8, 4) is 33.4 Å². The van der Waals surface area contributed by atoms with Crippen LogP contribution in [-0.4, -0.2) is 0 Å². The number of hydrogen-bond acceptors (Lipinski definition) is 1. The number of hydrogen-bond donors (Lipinski definition) is 0. The molecule has 9 aromatic rings. The van der Waals surface area contributed by atoms with E-state index in [1.54, 1.807) is 0 Å². The predicted octanol–water partition coefficient (Wildman–Crippen LogP) is 16.3. The lowest BCUT2D eigenvalue weighted by atomic mass is 9.73. The zero-order valence-corrected chi connectivity index (χ0v) is 35.8. The summed E-state index contributed by atoms with van der Waals surface area (Å²) in [5.74, 6) is 0. The molecular weight excluding hydrogens is 771 g/mol. The molecule has 1 spiro atoms. The molecule has 0 saturated heterocycles. The second kappa shape index (κ2) is 15.9. The van der Waals surface area contributed by atoms with Gasteiger partial charge in [0.15, 0.2) is 0 Å². The lowest BCUT2D eigenvalue weighted by Gasteiger charge is -2.34. The van der Waals surface area contributed by atoms with Crippen LogP contribution in [0, 0.1) is 0 Å². The van der Waals surface area contributed by atoms with Gasteiger partial charge >= 0.3 is 0 Å². The molecule has 1 heteroatoms. The smallest absolute Gasteiger partial charge is 0.0458 e. The molecule has 0 heterocycles. The molecule has 12 rings (SSSR count). The zero-order chi connectivity index (χ0) is 42.5. The first kappa shape index (κ1) is 38.0. The summed E-state index contributed by atoms with van der Waals surface area (Å²) in [7, 11) is 0. The summed E-state index contributed by atoms with van der Waals surface area (Å²) in [6.45, 7) is 0. The van der Waals surface area contributed by atoms with E-state index in [4.69, 9.17) is 0 Å². The highest BCUT2D eigenvalue weighted by Gasteiger charge is 2.49. The Morgan fingerprint density at radius 2 is 0.922 bits per heavy atom. The fourth-order valence-electron chi connectivity index (χ4n) is 11.0. The molecule has 0 radical (unpaired) electrons. The van der Waals surface area contributed by atoms with Crippen molar-refractivity contribution in [2.24, 2.45) is 0 Å². The summed E-state index contributed by atoms with van der Waals surface area (Å²) in [4.78, 5) is 2.48. The molecule has 0 unspecified atom stereocenters. The van der Waals surface area contributed by atoms with Crippen molar-refractivity contribution in [3.63, 3.8) is 0 Å². The average molecular weight is 818 g/mol. The van der Waals surface area contributed by atoms with Crippen molar-refractivity contribution in [2.45, 2.75) is 31.1 Å². The Balaban J connectivity index is 0.887. The second-order valence-corrected chi connectivity index (χ2v) is 17.6. The van der Waals surface area contributed by atoms with Crippen LogP contribution < -0.4 is 4.90 Å². The molecule has 3 aliphatic carbocycles. The molecule has 304 valence electrons. The summed E-state index contributed by atoms with van der Waals surface area (Å²) in [5, 5.41) is 2.55. The zero-order valence-electron chi connectivity index (χ0n) is 35.8. The van der Waals surface area contributed by atoms with Crippen LogP contribution in [0.3, 0.4) is 0 Å². The van der Waals surface area contributed by atoms with Crippen LogP contribution in [0.4, 0.5) is 11.4 Å². The fourth-order valence-corrected chi connectivity index (χ4v) is 11.0. The number of benzene rings is 9. The summed E-state index contributed by atoms with van der Waals surface area (Å²) in [5.41, 5.74) is 22.4. The van der Waals surface area contributed by atoms with Gasteiger partial charge in [-0.3, -0.25) is 0 Å². The largest absolute Gasteiger partial charge is 0.314 e. The third-order valence-corrected chi connectivity index (χ3v) is 14.0. The Bertz CT molecular complexity index is 3170. The standard InChI is InChI=1S/C63H47N/c1-5-16-46(17-6-1)55-26-15-27-59-54(38-39-56(62(55)59)47-18-7-2-8-19-47)48-33-30-44(31-34-48)28-29-45-32-36-57-58-37-35-53(64(51-22-9-3-10-23-51)52-24-11-4-12-25-52)41-61(58)63(60(57)40-45)42-49-20-13-14-21-50(49)43-63/h1-34,36,38-41H,35,37,42-43H2/b29-28+. The highest BCUT2D eigenvalue weighted by Crippen LogP contribution is 2.58. The summed E-state index contributed by atoms with van der Waals surface area (Å²) in [6.07, 6.45) is 11.2. The minimum absolute atomic E-state index is 0.0935. The van der Waals surface area contributed by atoms with Crippen molar-refractivity contribution < 1.29 is 0 Å². The quantitative estimate of drug-likeness (QED) is 0.138. The predicted molar refractivity (Wildman–Crippen MR) is 270 cm³/mol. The average Bonchev–Trinajstić information content (AvgIpc) is 3.89. The maximum absolute atomic E-state index is 2.57. The Morgan fingerprint density at radius 1 is 0.406 bits per heavy atom. The van der Waals surface area contributed by atoms with Crippen LogP contribution in [-0.2, 0) is 18.3 Å². The molecule has 3 aliphatic rings. The molecule has 0 bridgehead atoms. The molecule has 9 aromatic carbocycles. The van der Waals surface area contributed by atoms with Crippen molar-refractivity contribution in [1.82, 2.24) is 0 Å². The van der Waals surface area contributed by atoms with Crippen LogP contribution >= 0.6 is 0 Å². The van der Waals surface area contributed by atoms with Gasteiger partial charge in [-0.2, -0.15) is 0 Å². The van der Waals surface area contributed by atoms with Crippen LogP contribution in [0.25, 0.3) is 61.9 Å². The van der Waals surface area contributed by atoms with Crippen molar-refractivity contribution in [2.75, 3.05) is 4.90 Å². The molecule has 0 fully saturated rings. The van der Waals surface area contributed by atoms with Gasteiger partial charge in [-0.15, -0.1) is 0 Å². The van der Waals surface area contributed by atoms with E-state index in [1.165, 1.54) is 106 Å². The van der Waals surface area contributed by atoms with E-state index >= 15 is 0 Å². The van der Waals surface area contributed by atoms with Gasteiger partial charge in [0.25, 0.3) is 0 Å². The lowest BCUT2D eigenvalue weighted by Crippen LogP contribution is -2.28. The van der Waals surface area contributed by atoms with E-state index in [2.05, 4.69) is 242 Å². The van der Waals surface area contributed by atoms with Crippen molar-refractivity contribution in [1.29, 1.82) is 0 Å². The first-order valence-electron chi connectivity index (χ1n) is 22.7. The van der Waals surface area contributed by atoms with E-state index in [9.17, 15) is 0 Å². The van der Waals surface area contributed by atoms with Crippen LogP contribution in [0.5, 0.6) is 0 Å². The van der Waals surface area contributed by atoms with Crippen LogP contribution in [0.15, 0.2) is 236 Å². The fraction of sp³-hybridized carbons (Fsp3) is 0.0794. The first-order valence-corrected chi connectivity index (χ1v) is 22.7. The van der Waals surface area contributed by atoms with Crippen LogP contribution in [0.1, 0.15) is 46.2 Å². The minimum atomic E-state index is -0.0935. The highest BCUT2D eigenvalue weighted by molar-refractivity contribution is 6.12. The molecule has 0 amide bonds. The van der Waals surface area contributed by atoms with Gasteiger partial charge in [-0.1, -0.05) is 206 Å². The minimum Gasteiger partial charge on any atom is -0.314 e. The first-order chi connectivity index (χ1) is 31.7. The highest BCUT2D eigenvalue weighted by atomic mass is 15.1. The van der Waals surface area contributed by atoms with E-state index in [0.29, 0.717) is 0 Å². The normalized spacial score (nSPS) is 14.7. The number of para-hydroxylation sites is 2. The van der Waals surface area contributed by atoms with Crippen molar-refractivity contribution in [3.05, 3.63) is 269 Å².